The Bertz CT molecular complexity index is 645. The lowest BCUT2D eigenvalue weighted by atomic mass is 10.2. The van der Waals surface area contributed by atoms with Gasteiger partial charge < -0.3 is 10.1 Å². The second-order valence-electron chi connectivity index (χ2n) is 5.05. The number of halogens is 1. The maximum atomic E-state index is 12.2. The highest BCUT2D eigenvalue weighted by atomic mass is 35.5. The molecule has 6 heteroatoms. The first kappa shape index (κ1) is 14.1. The van der Waals surface area contributed by atoms with Crippen molar-refractivity contribution in [3.63, 3.8) is 0 Å². The summed E-state index contributed by atoms with van der Waals surface area (Å²) in [6.07, 6.45) is 1.33. The second-order valence-corrected chi connectivity index (χ2v) is 5.49. The van der Waals surface area contributed by atoms with Crippen molar-refractivity contribution in [2.24, 2.45) is 0 Å². The van der Waals surface area contributed by atoms with Crippen LogP contribution < -0.4 is 5.32 Å². The average molecular weight is 306 g/mol. The number of benzene rings is 1. The van der Waals surface area contributed by atoms with Crippen LogP contribution in [0.1, 0.15) is 18.5 Å². The fourth-order valence-electron chi connectivity index (χ4n) is 2.36. The van der Waals surface area contributed by atoms with Crippen LogP contribution in [0.5, 0.6) is 0 Å². The fraction of sp³-hybridized carbons (Fsp3) is 0.333. The van der Waals surface area contributed by atoms with Gasteiger partial charge in [0.25, 0.3) is 5.91 Å². The Morgan fingerprint density at radius 2 is 2.19 bits per heavy atom. The van der Waals surface area contributed by atoms with Crippen molar-refractivity contribution in [3.8, 4) is 5.69 Å². The summed E-state index contributed by atoms with van der Waals surface area (Å²) in [7, 11) is 0. The van der Waals surface area contributed by atoms with Crippen LogP contribution >= 0.6 is 11.6 Å². The van der Waals surface area contributed by atoms with Crippen LogP contribution in [0, 0.1) is 6.92 Å². The summed E-state index contributed by atoms with van der Waals surface area (Å²) in [5.74, 6) is 0.512. The molecule has 1 aromatic heterocycles. The Kier molecular flexibility index (Phi) is 3.94. The molecule has 1 atom stereocenters. The standard InChI is InChI=1S/C15H16ClN3O2/c1-10-9-14(17-15(20)13-3-2-8-21-13)19(18-10)12-6-4-11(16)5-7-12/h4-7,9,13H,2-3,8H2,1H3,(H,17,20)/t13-/m0/s1. The Labute approximate surface area is 127 Å². The fourth-order valence-corrected chi connectivity index (χ4v) is 2.48. The minimum Gasteiger partial charge on any atom is -0.368 e. The molecule has 1 aliphatic rings. The Morgan fingerprint density at radius 1 is 1.43 bits per heavy atom. The normalized spacial score (nSPS) is 17.9. The van der Waals surface area contributed by atoms with Gasteiger partial charge in [0, 0.05) is 17.7 Å². The number of aromatic nitrogens is 2. The van der Waals surface area contributed by atoms with E-state index in [1.807, 2.05) is 25.1 Å². The van der Waals surface area contributed by atoms with Crippen LogP contribution in [0.15, 0.2) is 30.3 Å². The van der Waals surface area contributed by atoms with Crippen molar-refractivity contribution in [1.29, 1.82) is 0 Å². The predicted molar refractivity (Wildman–Crippen MR) is 80.9 cm³/mol. The zero-order valence-electron chi connectivity index (χ0n) is 11.7. The molecule has 0 aliphatic carbocycles. The van der Waals surface area contributed by atoms with Gasteiger partial charge >= 0.3 is 0 Å². The van der Waals surface area contributed by atoms with Gasteiger partial charge in [-0.3, -0.25) is 4.79 Å². The van der Waals surface area contributed by atoms with E-state index in [4.69, 9.17) is 16.3 Å². The van der Waals surface area contributed by atoms with Crippen molar-refractivity contribution in [3.05, 3.63) is 41.0 Å². The predicted octanol–water partition coefficient (Wildman–Crippen LogP) is 2.95. The highest BCUT2D eigenvalue weighted by molar-refractivity contribution is 6.30. The largest absolute Gasteiger partial charge is 0.368 e. The number of aryl methyl sites for hydroxylation is 1. The van der Waals surface area contributed by atoms with Gasteiger partial charge in [-0.25, -0.2) is 4.68 Å². The maximum Gasteiger partial charge on any atom is 0.254 e. The van der Waals surface area contributed by atoms with Gasteiger partial charge in [-0.05, 0) is 44.0 Å². The summed E-state index contributed by atoms with van der Waals surface area (Å²) in [5.41, 5.74) is 1.67. The number of nitrogens with zero attached hydrogens (tertiary/aromatic N) is 2. The highest BCUT2D eigenvalue weighted by Gasteiger charge is 2.24. The van der Waals surface area contributed by atoms with Crippen molar-refractivity contribution in [1.82, 2.24) is 9.78 Å². The summed E-state index contributed by atoms with van der Waals surface area (Å²) in [6.45, 7) is 2.53. The summed E-state index contributed by atoms with van der Waals surface area (Å²) in [5, 5.41) is 7.96. The van der Waals surface area contributed by atoms with Crippen LogP contribution in [0.4, 0.5) is 5.82 Å². The minimum absolute atomic E-state index is 0.123. The number of ether oxygens (including phenoxy) is 1. The Hall–Kier alpha value is -1.85. The van der Waals surface area contributed by atoms with Gasteiger partial charge in [0.2, 0.25) is 0 Å². The second kappa shape index (κ2) is 5.87. The number of carbonyl (C=O) groups is 1. The van der Waals surface area contributed by atoms with E-state index >= 15 is 0 Å². The molecule has 0 saturated carbocycles. The lowest BCUT2D eigenvalue weighted by molar-refractivity contribution is -0.124. The molecule has 5 nitrogen and oxygen atoms in total. The van der Waals surface area contributed by atoms with Gasteiger partial charge in [-0.1, -0.05) is 11.6 Å². The first-order valence-corrected chi connectivity index (χ1v) is 7.26. The van der Waals surface area contributed by atoms with Crippen molar-refractivity contribution in [2.45, 2.75) is 25.9 Å². The first-order chi connectivity index (χ1) is 10.1. The smallest absolute Gasteiger partial charge is 0.254 e. The third kappa shape index (κ3) is 3.09. The van der Waals surface area contributed by atoms with E-state index in [1.165, 1.54) is 0 Å². The quantitative estimate of drug-likeness (QED) is 0.948. The molecule has 1 fully saturated rings. The molecule has 3 rings (SSSR count). The summed E-state index contributed by atoms with van der Waals surface area (Å²) in [6, 6.07) is 9.13. The molecule has 1 amide bonds. The van der Waals surface area contributed by atoms with Crippen LogP contribution in [-0.4, -0.2) is 28.4 Å². The van der Waals surface area contributed by atoms with Gasteiger partial charge in [0.1, 0.15) is 11.9 Å². The average Bonchev–Trinajstić information content (AvgIpc) is 3.09. The van der Waals surface area contributed by atoms with Crippen LogP contribution in [0.2, 0.25) is 5.02 Å². The summed E-state index contributed by atoms with van der Waals surface area (Å²) < 4.78 is 7.09. The van der Waals surface area contributed by atoms with E-state index in [-0.39, 0.29) is 12.0 Å². The molecule has 1 aliphatic heterocycles. The SMILES string of the molecule is Cc1cc(NC(=O)[C@@H]2CCCO2)n(-c2ccc(Cl)cc2)n1. The summed E-state index contributed by atoms with van der Waals surface area (Å²) in [4.78, 5) is 12.2. The Balaban J connectivity index is 1.85. The van der Waals surface area contributed by atoms with E-state index in [9.17, 15) is 4.79 Å². The number of carbonyl (C=O) groups excluding carboxylic acids is 1. The molecule has 0 unspecified atom stereocenters. The maximum absolute atomic E-state index is 12.2. The van der Waals surface area contributed by atoms with Gasteiger partial charge in [0.05, 0.1) is 11.4 Å². The lowest BCUT2D eigenvalue weighted by Gasteiger charge is -2.12. The van der Waals surface area contributed by atoms with Crippen molar-refractivity contribution >= 4 is 23.3 Å². The number of amides is 1. The van der Waals surface area contributed by atoms with Crippen LogP contribution in [-0.2, 0) is 9.53 Å². The van der Waals surface area contributed by atoms with Gasteiger partial charge in [0.15, 0.2) is 0 Å². The summed E-state index contributed by atoms with van der Waals surface area (Å²) >= 11 is 5.90. The topological polar surface area (TPSA) is 56.1 Å². The number of rotatable bonds is 3. The van der Waals surface area contributed by atoms with Crippen molar-refractivity contribution < 1.29 is 9.53 Å². The number of hydrogen-bond donors (Lipinski definition) is 1. The minimum atomic E-state index is -0.362. The molecule has 1 saturated heterocycles. The van der Waals surface area contributed by atoms with Crippen LogP contribution in [0.3, 0.4) is 0 Å². The number of anilines is 1. The zero-order chi connectivity index (χ0) is 14.8. The first-order valence-electron chi connectivity index (χ1n) is 6.88. The third-order valence-corrected chi connectivity index (χ3v) is 3.63. The van der Waals surface area contributed by atoms with E-state index < -0.39 is 0 Å². The molecule has 21 heavy (non-hydrogen) atoms. The highest BCUT2D eigenvalue weighted by Crippen LogP contribution is 2.21. The molecule has 2 aromatic rings. The third-order valence-electron chi connectivity index (χ3n) is 3.38. The van der Waals surface area contributed by atoms with Gasteiger partial charge in [-0.2, -0.15) is 5.10 Å². The monoisotopic (exact) mass is 305 g/mol. The molecule has 110 valence electrons. The molecular formula is C15H16ClN3O2. The van der Waals surface area contributed by atoms with E-state index in [2.05, 4.69) is 10.4 Å². The molecule has 1 aromatic carbocycles. The zero-order valence-corrected chi connectivity index (χ0v) is 12.4. The molecular weight excluding hydrogens is 290 g/mol. The van der Waals surface area contributed by atoms with E-state index in [1.54, 1.807) is 16.8 Å². The van der Waals surface area contributed by atoms with Crippen LogP contribution in [0.25, 0.3) is 5.69 Å². The molecule has 1 N–H and O–H groups in total. The lowest BCUT2D eigenvalue weighted by Crippen LogP contribution is -2.27. The molecule has 0 bridgehead atoms. The molecule has 0 spiro atoms. The van der Waals surface area contributed by atoms with Gasteiger partial charge in [-0.15, -0.1) is 0 Å². The van der Waals surface area contributed by atoms with Crippen molar-refractivity contribution in [2.75, 3.05) is 11.9 Å². The molecule has 2 heterocycles. The number of hydrogen-bond acceptors (Lipinski definition) is 3. The Morgan fingerprint density at radius 3 is 2.86 bits per heavy atom. The van der Waals surface area contributed by atoms with E-state index in [0.717, 1.165) is 24.2 Å². The number of nitrogens with one attached hydrogen (secondary N) is 1. The molecule has 0 radical (unpaired) electrons. The van der Waals surface area contributed by atoms with E-state index in [0.29, 0.717) is 17.4 Å².